The van der Waals surface area contributed by atoms with Crippen molar-refractivity contribution in [3.63, 3.8) is 0 Å². The average Bonchev–Trinajstić information content (AvgIpc) is 2.42. The van der Waals surface area contributed by atoms with Gasteiger partial charge in [-0.25, -0.2) is 0 Å². The smallest absolute Gasteiger partial charge is 0.141 e. The van der Waals surface area contributed by atoms with Crippen LogP contribution < -0.4 is 9.47 Å². The molecule has 0 spiro atoms. The lowest BCUT2D eigenvalue weighted by molar-refractivity contribution is 0.412. The summed E-state index contributed by atoms with van der Waals surface area (Å²) in [5.41, 5.74) is 1.07. The summed E-state index contributed by atoms with van der Waals surface area (Å²) in [5, 5.41) is 0. The van der Waals surface area contributed by atoms with Gasteiger partial charge < -0.3 is 9.47 Å². The fraction of sp³-hybridized carbons (Fsp3) is 0.143. The van der Waals surface area contributed by atoms with Crippen LogP contribution in [0.4, 0.5) is 0 Å². The maximum atomic E-state index is 5.76. The molecule has 2 rings (SSSR count). The Morgan fingerprint density at radius 1 is 1.06 bits per heavy atom. The van der Waals surface area contributed by atoms with Crippen LogP contribution in [0.1, 0.15) is 5.56 Å². The molecule has 2 nitrogen and oxygen atoms in total. The molecule has 4 heteroatoms. The van der Waals surface area contributed by atoms with Crippen LogP contribution in [0.15, 0.2) is 46.9 Å². The first-order chi connectivity index (χ1) is 8.72. The van der Waals surface area contributed by atoms with Gasteiger partial charge in [0.15, 0.2) is 0 Å². The largest absolute Gasteiger partial charge is 0.497 e. The number of alkyl halides is 1. The van der Waals surface area contributed by atoms with E-state index in [0.29, 0.717) is 5.88 Å². The van der Waals surface area contributed by atoms with Crippen LogP contribution in [-0.4, -0.2) is 7.11 Å². The molecule has 0 bridgehead atoms. The molecule has 0 aromatic heterocycles. The van der Waals surface area contributed by atoms with Crippen LogP contribution in [-0.2, 0) is 5.88 Å². The molecule has 0 unspecified atom stereocenters. The van der Waals surface area contributed by atoms with Crippen molar-refractivity contribution in [2.24, 2.45) is 0 Å². The summed E-state index contributed by atoms with van der Waals surface area (Å²) in [6, 6.07) is 13.3. The Kier molecular flexibility index (Phi) is 4.50. The van der Waals surface area contributed by atoms with Gasteiger partial charge in [-0.3, -0.25) is 0 Å². The van der Waals surface area contributed by atoms with E-state index in [4.69, 9.17) is 21.1 Å². The van der Waals surface area contributed by atoms with Gasteiger partial charge in [0.2, 0.25) is 0 Å². The van der Waals surface area contributed by atoms with Gasteiger partial charge in [0.25, 0.3) is 0 Å². The Morgan fingerprint density at radius 2 is 1.72 bits per heavy atom. The van der Waals surface area contributed by atoms with E-state index < -0.39 is 0 Å². The standard InChI is InChI=1S/C14H12BrClO2/c1-17-12-6-7-14(13(15)8-12)18-11-4-2-10(9-16)3-5-11/h2-8H,9H2,1H3. The number of rotatable bonds is 4. The molecule has 0 saturated heterocycles. The van der Waals surface area contributed by atoms with Crippen molar-refractivity contribution >= 4 is 27.5 Å². The van der Waals surface area contributed by atoms with Crippen molar-refractivity contribution < 1.29 is 9.47 Å². The van der Waals surface area contributed by atoms with Crippen molar-refractivity contribution in [1.82, 2.24) is 0 Å². The average molecular weight is 328 g/mol. The molecule has 0 atom stereocenters. The summed E-state index contributed by atoms with van der Waals surface area (Å²) in [7, 11) is 1.63. The first-order valence-electron chi connectivity index (χ1n) is 5.39. The maximum Gasteiger partial charge on any atom is 0.141 e. The predicted molar refractivity (Wildman–Crippen MR) is 76.8 cm³/mol. The summed E-state index contributed by atoms with van der Waals surface area (Å²) in [6.07, 6.45) is 0. The highest BCUT2D eigenvalue weighted by atomic mass is 79.9. The van der Waals surface area contributed by atoms with Crippen molar-refractivity contribution in [2.45, 2.75) is 5.88 Å². The SMILES string of the molecule is COc1ccc(Oc2ccc(CCl)cc2)c(Br)c1. The predicted octanol–water partition coefficient (Wildman–Crippen LogP) is 4.99. The molecule has 0 saturated carbocycles. The lowest BCUT2D eigenvalue weighted by Gasteiger charge is -2.09. The molecule has 2 aromatic rings. The topological polar surface area (TPSA) is 18.5 Å². The summed E-state index contributed by atoms with van der Waals surface area (Å²) >= 11 is 9.18. The van der Waals surface area contributed by atoms with Crippen molar-refractivity contribution in [2.75, 3.05) is 7.11 Å². The van der Waals surface area contributed by atoms with Gasteiger partial charge >= 0.3 is 0 Å². The second kappa shape index (κ2) is 6.12. The molecule has 0 amide bonds. The summed E-state index contributed by atoms with van der Waals surface area (Å²) in [5.74, 6) is 2.81. The van der Waals surface area contributed by atoms with Crippen LogP contribution in [0.2, 0.25) is 0 Å². The van der Waals surface area contributed by atoms with Crippen molar-refractivity contribution in [3.05, 3.63) is 52.5 Å². The normalized spacial score (nSPS) is 10.2. The third-order valence-electron chi connectivity index (χ3n) is 2.44. The van der Waals surface area contributed by atoms with E-state index in [1.54, 1.807) is 7.11 Å². The molecular weight excluding hydrogens is 316 g/mol. The Labute approximate surface area is 120 Å². The second-order valence-electron chi connectivity index (χ2n) is 3.68. The molecule has 0 aliphatic rings. The van der Waals surface area contributed by atoms with Crippen molar-refractivity contribution in [1.29, 1.82) is 0 Å². The van der Waals surface area contributed by atoms with Crippen LogP contribution >= 0.6 is 27.5 Å². The number of methoxy groups -OCH3 is 1. The van der Waals surface area contributed by atoms with Gasteiger partial charge in [-0.15, -0.1) is 11.6 Å². The third kappa shape index (κ3) is 3.18. The first-order valence-corrected chi connectivity index (χ1v) is 6.72. The molecule has 94 valence electrons. The maximum absolute atomic E-state index is 5.76. The molecule has 0 N–H and O–H groups in total. The van der Waals surface area contributed by atoms with Gasteiger partial charge in [-0.05, 0) is 51.8 Å². The molecule has 18 heavy (non-hydrogen) atoms. The molecule has 0 heterocycles. The van der Waals surface area contributed by atoms with Crippen LogP contribution in [0.3, 0.4) is 0 Å². The number of ether oxygens (including phenoxy) is 2. The summed E-state index contributed by atoms with van der Waals surface area (Å²) in [4.78, 5) is 0. The Hall–Kier alpha value is -1.19. The lowest BCUT2D eigenvalue weighted by Crippen LogP contribution is -1.88. The van der Waals surface area contributed by atoms with Gasteiger partial charge in [-0.2, -0.15) is 0 Å². The van der Waals surface area contributed by atoms with Crippen LogP contribution in [0.25, 0.3) is 0 Å². The minimum absolute atomic E-state index is 0.506. The van der Waals surface area contributed by atoms with Gasteiger partial charge in [0.05, 0.1) is 11.6 Å². The fourth-order valence-electron chi connectivity index (χ4n) is 1.46. The van der Waals surface area contributed by atoms with E-state index in [1.165, 1.54) is 0 Å². The summed E-state index contributed by atoms with van der Waals surface area (Å²) in [6.45, 7) is 0. The minimum Gasteiger partial charge on any atom is -0.497 e. The first kappa shape index (κ1) is 13.2. The zero-order chi connectivity index (χ0) is 13.0. The summed E-state index contributed by atoms with van der Waals surface area (Å²) < 4.78 is 11.7. The highest BCUT2D eigenvalue weighted by molar-refractivity contribution is 9.10. The highest BCUT2D eigenvalue weighted by Crippen LogP contribution is 2.32. The van der Waals surface area contributed by atoms with Gasteiger partial charge in [-0.1, -0.05) is 12.1 Å². The lowest BCUT2D eigenvalue weighted by atomic mass is 10.2. The van der Waals surface area contributed by atoms with E-state index in [0.717, 1.165) is 27.3 Å². The quantitative estimate of drug-likeness (QED) is 0.737. The van der Waals surface area contributed by atoms with E-state index in [-0.39, 0.29) is 0 Å². The van der Waals surface area contributed by atoms with E-state index >= 15 is 0 Å². The molecular formula is C14H12BrClO2. The number of halogens is 2. The van der Waals surface area contributed by atoms with E-state index in [9.17, 15) is 0 Å². The number of hydrogen-bond acceptors (Lipinski definition) is 2. The zero-order valence-electron chi connectivity index (χ0n) is 9.82. The number of benzene rings is 2. The van der Waals surface area contributed by atoms with Crippen LogP contribution in [0, 0.1) is 0 Å². The zero-order valence-corrected chi connectivity index (χ0v) is 12.2. The van der Waals surface area contributed by atoms with Crippen molar-refractivity contribution in [3.8, 4) is 17.2 Å². The van der Waals surface area contributed by atoms with E-state index in [1.807, 2.05) is 42.5 Å². The molecule has 2 aromatic carbocycles. The molecule has 0 fully saturated rings. The van der Waals surface area contributed by atoms with Gasteiger partial charge in [0, 0.05) is 5.88 Å². The monoisotopic (exact) mass is 326 g/mol. The fourth-order valence-corrected chi connectivity index (χ4v) is 2.08. The second-order valence-corrected chi connectivity index (χ2v) is 4.80. The molecule has 0 radical (unpaired) electrons. The minimum atomic E-state index is 0.506. The van der Waals surface area contributed by atoms with Crippen LogP contribution in [0.5, 0.6) is 17.2 Å². The number of hydrogen-bond donors (Lipinski definition) is 0. The highest BCUT2D eigenvalue weighted by Gasteiger charge is 2.04. The Morgan fingerprint density at radius 3 is 2.28 bits per heavy atom. The Balaban J connectivity index is 2.17. The molecule has 0 aliphatic carbocycles. The van der Waals surface area contributed by atoms with Gasteiger partial charge in [0.1, 0.15) is 17.2 Å². The molecule has 0 aliphatic heterocycles. The third-order valence-corrected chi connectivity index (χ3v) is 3.37. The van der Waals surface area contributed by atoms with E-state index in [2.05, 4.69) is 15.9 Å². The Bertz CT molecular complexity index is 526.